The molecule has 0 saturated heterocycles. The summed E-state index contributed by atoms with van der Waals surface area (Å²) in [7, 11) is 3.69. The minimum atomic E-state index is 0.0833. The lowest BCUT2D eigenvalue weighted by Crippen LogP contribution is -2.18. The first kappa shape index (κ1) is 19.6. The van der Waals surface area contributed by atoms with Gasteiger partial charge in [-0.3, -0.25) is 0 Å². The molecule has 2 aromatic carbocycles. The second-order valence-electron chi connectivity index (χ2n) is 6.75. The summed E-state index contributed by atoms with van der Waals surface area (Å²) < 4.78 is 6.38. The molecule has 8 heteroatoms. The van der Waals surface area contributed by atoms with E-state index in [1.165, 1.54) is 5.56 Å². The molecule has 0 saturated carbocycles. The highest BCUT2D eigenvalue weighted by Crippen LogP contribution is 2.54. The average Bonchev–Trinajstić information content (AvgIpc) is 2.96. The number of ether oxygens (including phenoxy) is 1. The molecular weight excluding hydrogens is 460 g/mol. The van der Waals surface area contributed by atoms with Gasteiger partial charge < -0.3 is 21.1 Å². The van der Waals surface area contributed by atoms with E-state index in [-0.39, 0.29) is 5.37 Å². The van der Waals surface area contributed by atoms with E-state index in [0.29, 0.717) is 28.5 Å². The molecule has 0 bridgehead atoms. The van der Waals surface area contributed by atoms with Gasteiger partial charge in [0.05, 0.1) is 39.9 Å². The van der Waals surface area contributed by atoms with Crippen LogP contribution in [-0.4, -0.2) is 19.1 Å². The fraction of sp³-hybridized carbons (Fsp3) is 0.250. The third kappa shape index (κ3) is 3.20. The van der Waals surface area contributed by atoms with Crippen LogP contribution in [0.2, 0.25) is 5.02 Å². The summed E-state index contributed by atoms with van der Waals surface area (Å²) in [4.78, 5) is 6.86. The predicted molar refractivity (Wildman–Crippen MR) is 123 cm³/mol. The molecule has 0 fully saturated rings. The molecule has 1 atom stereocenters. The smallest absolute Gasteiger partial charge is 0.101 e. The van der Waals surface area contributed by atoms with Gasteiger partial charge in [-0.05, 0) is 29.3 Å². The summed E-state index contributed by atoms with van der Waals surface area (Å²) in [5.74, 6) is 0.864. The van der Waals surface area contributed by atoms with Gasteiger partial charge in [-0.2, -0.15) is 0 Å². The molecule has 5 nitrogen and oxygen atoms in total. The van der Waals surface area contributed by atoms with E-state index < -0.39 is 0 Å². The molecule has 1 aliphatic rings. The third-order valence-corrected chi connectivity index (χ3v) is 7.23. The van der Waals surface area contributed by atoms with Crippen LogP contribution in [0.25, 0.3) is 10.9 Å². The quantitative estimate of drug-likeness (QED) is 0.481. The van der Waals surface area contributed by atoms with E-state index in [0.717, 1.165) is 32.6 Å². The summed E-state index contributed by atoms with van der Waals surface area (Å²) in [6.07, 6.45) is 0. The van der Waals surface area contributed by atoms with Crippen molar-refractivity contribution in [2.75, 3.05) is 30.5 Å². The van der Waals surface area contributed by atoms with Crippen molar-refractivity contribution in [1.29, 1.82) is 0 Å². The van der Waals surface area contributed by atoms with Gasteiger partial charge in [-0.1, -0.05) is 39.7 Å². The Labute approximate surface area is 181 Å². The molecule has 0 radical (unpaired) electrons. The number of nitrogen functional groups attached to an aromatic ring is 2. The number of pyridine rings is 1. The Balaban J connectivity index is 1.80. The number of halogens is 2. The van der Waals surface area contributed by atoms with E-state index >= 15 is 0 Å². The summed E-state index contributed by atoms with van der Waals surface area (Å²) in [5.41, 5.74) is 18.4. The first-order valence-electron chi connectivity index (χ1n) is 8.70. The Morgan fingerprint density at radius 1 is 1.25 bits per heavy atom. The number of aromatic nitrogens is 1. The van der Waals surface area contributed by atoms with Crippen molar-refractivity contribution >= 4 is 67.3 Å². The number of benzene rings is 2. The fourth-order valence-electron chi connectivity index (χ4n) is 3.62. The van der Waals surface area contributed by atoms with E-state index in [1.54, 1.807) is 7.11 Å². The lowest BCUT2D eigenvalue weighted by Gasteiger charge is -2.24. The second kappa shape index (κ2) is 7.63. The normalized spacial score (nSPS) is 15.6. The molecule has 1 aliphatic heterocycles. The number of rotatable bonds is 5. The van der Waals surface area contributed by atoms with Crippen molar-refractivity contribution in [2.45, 2.75) is 17.7 Å². The molecule has 3 aromatic rings. The monoisotopic (exact) mass is 478 g/mol. The molecule has 1 aromatic heterocycles. The number of methoxy groups -OCH3 is 1. The summed E-state index contributed by atoms with van der Waals surface area (Å²) >= 11 is 11.7. The third-order valence-electron chi connectivity index (χ3n) is 4.91. The number of hydrogen-bond donors (Lipinski definition) is 2. The molecule has 2 heterocycles. The molecule has 0 amide bonds. The molecule has 0 aliphatic carbocycles. The Morgan fingerprint density at radius 3 is 2.64 bits per heavy atom. The predicted octanol–water partition coefficient (Wildman–Crippen LogP) is 5.34. The standard InChI is InChI=1S/C20H20BrClN4OS/c1-26-19-14-13(20(26)28-9-10-3-5-11(21)6-4-10)7-12(8-27-2)25-18(14)16(23)15(22)17(19)24/h3-7,20H,8-9,23-24H2,1-2H3. The zero-order valence-corrected chi connectivity index (χ0v) is 18.7. The molecular formula is C20H20BrClN4OS. The minimum Gasteiger partial charge on any atom is -0.396 e. The van der Waals surface area contributed by atoms with Gasteiger partial charge in [-0.25, -0.2) is 4.98 Å². The van der Waals surface area contributed by atoms with E-state index in [9.17, 15) is 0 Å². The first-order valence-corrected chi connectivity index (χ1v) is 10.9. The Hall–Kier alpha value is -1.67. The number of nitrogens with zero attached hydrogens (tertiary/aromatic N) is 2. The number of nitrogens with two attached hydrogens (primary N) is 2. The van der Waals surface area contributed by atoms with Crippen LogP contribution in [0.3, 0.4) is 0 Å². The van der Waals surface area contributed by atoms with Crippen LogP contribution in [0.1, 0.15) is 22.2 Å². The van der Waals surface area contributed by atoms with Crippen molar-refractivity contribution in [3.8, 4) is 0 Å². The van der Waals surface area contributed by atoms with E-state index in [4.69, 9.17) is 32.8 Å². The SMILES string of the molecule is COCc1cc2c3c(c(N)c(Cl)c(N)c3n1)N(C)C2SCc1ccc(Br)cc1. The second-order valence-corrected chi connectivity index (χ2v) is 9.11. The van der Waals surface area contributed by atoms with Gasteiger partial charge >= 0.3 is 0 Å². The van der Waals surface area contributed by atoms with Crippen molar-refractivity contribution in [2.24, 2.45) is 0 Å². The van der Waals surface area contributed by atoms with E-state index in [2.05, 4.69) is 51.2 Å². The van der Waals surface area contributed by atoms with Gasteiger partial charge in [0.25, 0.3) is 0 Å². The minimum absolute atomic E-state index is 0.0833. The Morgan fingerprint density at radius 2 is 1.96 bits per heavy atom. The van der Waals surface area contributed by atoms with Gasteiger partial charge in [0.2, 0.25) is 0 Å². The van der Waals surface area contributed by atoms with Crippen LogP contribution in [0, 0.1) is 0 Å². The highest BCUT2D eigenvalue weighted by Gasteiger charge is 2.34. The maximum atomic E-state index is 6.43. The summed E-state index contributed by atoms with van der Waals surface area (Å²) in [6.45, 7) is 0.410. The van der Waals surface area contributed by atoms with Crippen LogP contribution in [0.15, 0.2) is 34.8 Å². The molecule has 4 rings (SSSR count). The lowest BCUT2D eigenvalue weighted by molar-refractivity contribution is 0.181. The van der Waals surface area contributed by atoms with Crippen LogP contribution in [0.5, 0.6) is 0 Å². The highest BCUT2D eigenvalue weighted by atomic mass is 79.9. The molecule has 28 heavy (non-hydrogen) atoms. The van der Waals surface area contributed by atoms with Crippen LogP contribution in [0.4, 0.5) is 17.1 Å². The largest absolute Gasteiger partial charge is 0.396 e. The Kier molecular flexibility index (Phi) is 5.35. The zero-order valence-electron chi connectivity index (χ0n) is 15.5. The fourth-order valence-corrected chi connectivity index (χ4v) is 5.30. The maximum absolute atomic E-state index is 6.43. The number of thioether (sulfide) groups is 1. The average molecular weight is 480 g/mol. The molecule has 146 valence electrons. The van der Waals surface area contributed by atoms with E-state index in [1.807, 2.05) is 18.8 Å². The van der Waals surface area contributed by atoms with Crippen LogP contribution in [-0.2, 0) is 17.1 Å². The molecule has 1 unspecified atom stereocenters. The Bertz CT molecular complexity index is 1060. The van der Waals surface area contributed by atoms with Crippen molar-refractivity contribution in [3.63, 3.8) is 0 Å². The topological polar surface area (TPSA) is 77.4 Å². The lowest BCUT2D eigenvalue weighted by atomic mass is 10.1. The van der Waals surface area contributed by atoms with Gasteiger partial charge in [0.1, 0.15) is 5.37 Å². The van der Waals surface area contributed by atoms with Gasteiger partial charge in [0.15, 0.2) is 0 Å². The maximum Gasteiger partial charge on any atom is 0.101 e. The zero-order chi connectivity index (χ0) is 20.0. The number of anilines is 3. The first-order chi connectivity index (χ1) is 13.4. The molecule has 0 spiro atoms. The van der Waals surface area contributed by atoms with Crippen molar-refractivity contribution in [1.82, 2.24) is 4.98 Å². The summed E-state index contributed by atoms with van der Waals surface area (Å²) in [6, 6.07) is 10.5. The van der Waals surface area contributed by atoms with Crippen LogP contribution >= 0.6 is 39.3 Å². The van der Waals surface area contributed by atoms with Gasteiger partial charge in [-0.15, -0.1) is 11.8 Å². The highest BCUT2D eigenvalue weighted by molar-refractivity contribution is 9.10. The van der Waals surface area contributed by atoms with Gasteiger partial charge in [0, 0.05) is 29.8 Å². The van der Waals surface area contributed by atoms with Crippen molar-refractivity contribution < 1.29 is 4.74 Å². The number of hydrogen-bond acceptors (Lipinski definition) is 6. The summed E-state index contributed by atoms with van der Waals surface area (Å²) in [5, 5.41) is 1.43. The molecule has 4 N–H and O–H groups in total. The van der Waals surface area contributed by atoms with Crippen molar-refractivity contribution in [3.05, 3.63) is 56.6 Å². The van der Waals surface area contributed by atoms with Crippen LogP contribution < -0.4 is 16.4 Å².